The summed E-state index contributed by atoms with van der Waals surface area (Å²) in [5.74, 6) is 1.30. The molecule has 0 aromatic heterocycles. The Morgan fingerprint density at radius 3 is 2.77 bits per heavy atom. The van der Waals surface area contributed by atoms with Crippen molar-refractivity contribution in [1.82, 2.24) is 4.90 Å². The summed E-state index contributed by atoms with van der Waals surface area (Å²) in [6, 6.07) is 5.98. The molecule has 4 bridgehead atoms. The summed E-state index contributed by atoms with van der Waals surface area (Å²) >= 11 is 12.6. The van der Waals surface area contributed by atoms with Crippen molar-refractivity contribution in [2.45, 2.75) is 63.0 Å². The van der Waals surface area contributed by atoms with Crippen LogP contribution in [0.2, 0.25) is 10.0 Å². The van der Waals surface area contributed by atoms with Crippen LogP contribution >= 0.6 is 23.2 Å². The first kappa shape index (κ1) is 17.3. The van der Waals surface area contributed by atoms with Crippen LogP contribution in [0.5, 0.6) is 0 Å². The van der Waals surface area contributed by atoms with Crippen LogP contribution in [0.3, 0.4) is 0 Å². The third kappa shape index (κ3) is 2.62. The minimum absolute atomic E-state index is 0.0592. The molecule has 5 atom stereocenters. The fourth-order valence-electron chi connectivity index (χ4n) is 7.10. The number of rotatable bonds is 3. The van der Waals surface area contributed by atoms with Gasteiger partial charge in [0.1, 0.15) is 0 Å². The van der Waals surface area contributed by atoms with Crippen LogP contribution in [0.15, 0.2) is 18.2 Å². The van der Waals surface area contributed by atoms with E-state index in [0.717, 1.165) is 57.1 Å². The maximum atomic E-state index is 12.6. The SMILES string of the molecule is O=C1CCCN1C1C2CC3CC(O)(C2)CC1(Cc1ccc(Cl)cc1Cl)C3. The molecule has 1 heterocycles. The molecule has 1 aliphatic heterocycles. The molecule has 3 nitrogen and oxygen atoms in total. The van der Waals surface area contributed by atoms with Gasteiger partial charge in [0, 0.05) is 29.1 Å². The second kappa shape index (κ2) is 5.86. The van der Waals surface area contributed by atoms with Crippen molar-refractivity contribution in [2.75, 3.05) is 6.54 Å². The van der Waals surface area contributed by atoms with E-state index in [4.69, 9.17) is 23.2 Å². The van der Waals surface area contributed by atoms with Gasteiger partial charge in [-0.1, -0.05) is 29.3 Å². The van der Waals surface area contributed by atoms with Gasteiger partial charge in [0.2, 0.25) is 5.91 Å². The van der Waals surface area contributed by atoms with Crippen LogP contribution in [0.1, 0.15) is 50.5 Å². The van der Waals surface area contributed by atoms with E-state index in [1.807, 2.05) is 18.2 Å². The van der Waals surface area contributed by atoms with Crippen LogP contribution in [0.4, 0.5) is 0 Å². The average molecular weight is 394 g/mol. The van der Waals surface area contributed by atoms with Crippen molar-refractivity contribution in [3.05, 3.63) is 33.8 Å². The van der Waals surface area contributed by atoms with Crippen molar-refractivity contribution in [2.24, 2.45) is 17.3 Å². The van der Waals surface area contributed by atoms with Crippen molar-refractivity contribution in [3.63, 3.8) is 0 Å². The molecular formula is C21H25Cl2NO2. The molecule has 140 valence electrons. The van der Waals surface area contributed by atoms with E-state index in [1.54, 1.807) is 0 Å². The molecule has 5 heteroatoms. The summed E-state index contributed by atoms with van der Waals surface area (Å²) in [5.41, 5.74) is 0.485. The summed E-state index contributed by atoms with van der Waals surface area (Å²) < 4.78 is 0. The topological polar surface area (TPSA) is 40.5 Å². The van der Waals surface area contributed by atoms with Gasteiger partial charge < -0.3 is 10.0 Å². The number of nitrogens with zero attached hydrogens (tertiary/aromatic N) is 1. The van der Waals surface area contributed by atoms with Crippen LogP contribution in [0, 0.1) is 17.3 Å². The predicted octanol–water partition coefficient (Wildman–Crippen LogP) is 4.47. The van der Waals surface area contributed by atoms with Gasteiger partial charge in [0.15, 0.2) is 0 Å². The first-order chi connectivity index (χ1) is 12.4. The molecule has 4 saturated carbocycles. The average Bonchev–Trinajstić information content (AvgIpc) is 2.94. The molecule has 6 rings (SSSR count). The van der Waals surface area contributed by atoms with Crippen LogP contribution in [-0.2, 0) is 11.2 Å². The Balaban J connectivity index is 1.56. The zero-order valence-electron chi connectivity index (χ0n) is 14.9. The van der Waals surface area contributed by atoms with E-state index < -0.39 is 5.60 Å². The summed E-state index contributed by atoms with van der Waals surface area (Å²) in [6.45, 7) is 0.874. The third-order valence-electron chi connectivity index (χ3n) is 7.40. The zero-order valence-corrected chi connectivity index (χ0v) is 16.4. The Labute approximate surface area is 164 Å². The highest BCUT2D eigenvalue weighted by Crippen LogP contribution is 2.64. The summed E-state index contributed by atoms with van der Waals surface area (Å²) in [4.78, 5) is 14.8. The summed E-state index contributed by atoms with van der Waals surface area (Å²) in [6.07, 6.45) is 7.30. The fraction of sp³-hybridized carbons (Fsp3) is 0.667. The molecule has 5 aliphatic rings. The van der Waals surface area contributed by atoms with Gasteiger partial charge in [-0.15, -0.1) is 0 Å². The molecule has 4 aliphatic carbocycles. The molecular weight excluding hydrogens is 369 g/mol. The Bertz CT molecular complexity index is 768. The van der Waals surface area contributed by atoms with Gasteiger partial charge in [-0.25, -0.2) is 0 Å². The lowest BCUT2D eigenvalue weighted by molar-refractivity contribution is -0.202. The lowest BCUT2D eigenvalue weighted by Crippen LogP contribution is -2.67. The molecule has 1 aromatic rings. The molecule has 0 radical (unpaired) electrons. The van der Waals surface area contributed by atoms with Crippen LogP contribution in [0.25, 0.3) is 0 Å². The van der Waals surface area contributed by atoms with Gasteiger partial charge in [-0.2, -0.15) is 0 Å². The Morgan fingerprint density at radius 1 is 1.23 bits per heavy atom. The molecule has 1 amide bonds. The Morgan fingerprint density at radius 2 is 2.08 bits per heavy atom. The molecule has 1 saturated heterocycles. The molecule has 5 fully saturated rings. The second-order valence-corrected chi connectivity index (χ2v) is 10.1. The van der Waals surface area contributed by atoms with Crippen molar-refractivity contribution in [3.8, 4) is 0 Å². The Kier molecular flexibility index (Phi) is 3.91. The lowest BCUT2D eigenvalue weighted by atomic mass is 9.44. The molecule has 1 N–H and O–H groups in total. The number of hydrogen-bond acceptors (Lipinski definition) is 2. The van der Waals surface area contributed by atoms with Gasteiger partial charge in [0.05, 0.1) is 5.60 Å². The fourth-order valence-corrected chi connectivity index (χ4v) is 7.58. The normalized spacial score (nSPS) is 41.3. The minimum Gasteiger partial charge on any atom is -0.390 e. The molecule has 0 spiro atoms. The van der Waals surface area contributed by atoms with E-state index >= 15 is 0 Å². The number of hydrogen-bond donors (Lipinski definition) is 1. The number of halogens is 2. The summed E-state index contributed by atoms with van der Waals surface area (Å²) in [5, 5.41) is 12.6. The van der Waals surface area contributed by atoms with E-state index in [1.165, 1.54) is 0 Å². The first-order valence-electron chi connectivity index (χ1n) is 9.83. The Hall–Kier alpha value is -0.770. The highest BCUT2D eigenvalue weighted by Gasteiger charge is 2.64. The molecule has 5 unspecified atom stereocenters. The van der Waals surface area contributed by atoms with Gasteiger partial charge >= 0.3 is 0 Å². The summed E-state index contributed by atoms with van der Waals surface area (Å²) in [7, 11) is 0. The van der Waals surface area contributed by atoms with Crippen LogP contribution < -0.4 is 0 Å². The lowest BCUT2D eigenvalue weighted by Gasteiger charge is -2.66. The van der Waals surface area contributed by atoms with Crippen molar-refractivity contribution < 1.29 is 9.90 Å². The predicted molar refractivity (Wildman–Crippen MR) is 102 cm³/mol. The third-order valence-corrected chi connectivity index (χ3v) is 7.99. The van der Waals surface area contributed by atoms with Crippen molar-refractivity contribution in [1.29, 1.82) is 0 Å². The van der Waals surface area contributed by atoms with E-state index in [9.17, 15) is 9.90 Å². The van der Waals surface area contributed by atoms with E-state index in [-0.39, 0.29) is 11.5 Å². The number of likely N-dealkylation sites (tertiary alicyclic amines) is 1. The second-order valence-electron chi connectivity index (χ2n) is 9.29. The highest BCUT2D eigenvalue weighted by molar-refractivity contribution is 6.35. The quantitative estimate of drug-likeness (QED) is 0.822. The molecule has 26 heavy (non-hydrogen) atoms. The smallest absolute Gasteiger partial charge is 0.222 e. The highest BCUT2D eigenvalue weighted by atomic mass is 35.5. The monoisotopic (exact) mass is 393 g/mol. The maximum absolute atomic E-state index is 12.6. The largest absolute Gasteiger partial charge is 0.390 e. The maximum Gasteiger partial charge on any atom is 0.222 e. The van der Waals surface area contributed by atoms with Crippen LogP contribution in [-0.4, -0.2) is 34.1 Å². The minimum atomic E-state index is -0.552. The zero-order chi connectivity index (χ0) is 18.1. The van der Waals surface area contributed by atoms with Crippen molar-refractivity contribution >= 4 is 29.1 Å². The number of aliphatic hydroxyl groups is 1. The van der Waals surface area contributed by atoms with Gasteiger partial charge in [-0.05, 0) is 79.9 Å². The van der Waals surface area contributed by atoms with E-state index in [0.29, 0.717) is 34.2 Å². The first-order valence-corrected chi connectivity index (χ1v) is 10.6. The molecule has 1 aromatic carbocycles. The standard InChI is InChI=1S/C21H25Cl2NO2/c22-16-4-3-14(17(23)7-16)10-20-8-13-6-15(11-21(26,9-13)12-20)19(20)24-5-1-2-18(24)25/h3-4,7,13,15,19,26H,1-2,5-6,8-12H2. The van der Waals surface area contributed by atoms with Gasteiger partial charge in [-0.3, -0.25) is 4.79 Å². The number of carbonyl (C=O) groups excluding carboxylic acids is 1. The van der Waals surface area contributed by atoms with Gasteiger partial charge in [0.25, 0.3) is 0 Å². The van der Waals surface area contributed by atoms with E-state index in [2.05, 4.69) is 4.90 Å². The number of benzene rings is 1. The number of amides is 1. The number of carbonyl (C=O) groups is 1.